The van der Waals surface area contributed by atoms with E-state index in [4.69, 9.17) is 11.6 Å². The predicted octanol–water partition coefficient (Wildman–Crippen LogP) is 4.82. The molecule has 0 bridgehead atoms. The average Bonchev–Trinajstić information content (AvgIpc) is 3.20. The van der Waals surface area contributed by atoms with Gasteiger partial charge in [-0.25, -0.2) is 4.68 Å². The first kappa shape index (κ1) is 17.9. The summed E-state index contributed by atoms with van der Waals surface area (Å²) in [6, 6.07) is 9.36. The number of aromatic nitrogens is 2. The van der Waals surface area contributed by atoms with Gasteiger partial charge >= 0.3 is 0 Å². The topological polar surface area (TPSA) is 64.0 Å². The fourth-order valence-electron chi connectivity index (χ4n) is 3.41. The minimum atomic E-state index is -0.526. The summed E-state index contributed by atoms with van der Waals surface area (Å²) in [6.07, 6.45) is 0.129. The lowest BCUT2D eigenvalue weighted by atomic mass is 9.87. The summed E-state index contributed by atoms with van der Waals surface area (Å²) >= 11 is 7.71. The number of halogens is 1. The van der Waals surface area contributed by atoms with Crippen LogP contribution in [0.15, 0.2) is 30.3 Å². The second kappa shape index (κ2) is 6.62. The Morgan fingerprint density at radius 3 is 2.70 bits per heavy atom. The van der Waals surface area contributed by atoms with Crippen LogP contribution in [-0.4, -0.2) is 21.5 Å². The van der Waals surface area contributed by atoms with Crippen molar-refractivity contribution in [3.63, 3.8) is 0 Å². The van der Waals surface area contributed by atoms with Crippen LogP contribution in [0.25, 0.3) is 5.69 Å². The Kier molecular flexibility index (Phi) is 4.40. The molecule has 0 fully saturated rings. The van der Waals surface area contributed by atoms with Crippen LogP contribution in [0, 0.1) is 20.8 Å². The van der Waals surface area contributed by atoms with Gasteiger partial charge in [-0.2, -0.15) is 5.10 Å². The van der Waals surface area contributed by atoms with Crippen LogP contribution in [0.1, 0.15) is 43.7 Å². The minimum absolute atomic E-state index is 0.0335. The number of thiophene rings is 1. The molecule has 1 aliphatic heterocycles. The van der Waals surface area contributed by atoms with E-state index in [0.29, 0.717) is 15.7 Å². The van der Waals surface area contributed by atoms with Crippen molar-refractivity contribution < 1.29 is 9.59 Å². The third kappa shape index (κ3) is 3.09. The molecule has 1 amide bonds. The number of fused-ring (bicyclic) bond motifs is 1. The smallest absolute Gasteiger partial charge is 0.226 e. The number of anilines is 1. The van der Waals surface area contributed by atoms with Crippen molar-refractivity contribution in [2.24, 2.45) is 0 Å². The first-order valence-corrected chi connectivity index (χ1v) is 9.81. The van der Waals surface area contributed by atoms with Crippen molar-refractivity contribution in [3.8, 4) is 5.69 Å². The lowest BCUT2D eigenvalue weighted by Gasteiger charge is -2.22. The lowest BCUT2D eigenvalue weighted by Crippen LogP contribution is -2.28. The zero-order chi connectivity index (χ0) is 19.3. The van der Waals surface area contributed by atoms with E-state index in [-0.39, 0.29) is 18.1 Å². The summed E-state index contributed by atoms with van der Waals surface area (Å²) in [5, 5.41) is 8.11. The number of hydrogen-bond donors (Lipinski definition) is 1. The number of carbonyl (C=O) groups is 2. The van der Waals surface area contributed by atoms with Gasteiger partial charge in [-0.05, 0) is 50.6 Å². The molecule has 3 aromatic rings. The quantitative estimate of drug-likeness (QED) is 0.642. The normalized spacial score (nSPS) is 16.1. The highest BCUT2D eigenvalue weighted by molar-refractivity contribution is 7.14. The molecule has 1 aromatic carbocycles. The zero-order valence-corrected chi connectivity index (χ0v) is 16.7. The fraction of sp³-hybridized carbons (Fsp3) is 0.250. The van der Waals surface area contributed by atoms with Crippen LogP contribution in [0.3, 0.4) is 0 Å². The molecule has 4 rings (SSSR count). The summed E-state index contributed by atoms with van der Waals surface area (Å²) in [7, 11) is 0. The fourth-order valence-corrected chi connectivity index (χ4v) is 4.45. The summed E-state index contributed by atoms with van der Waals surface area (Å²) in [4.78, 5) is 27.2. The number of amides is 1. The van der Waals surface area contributed by atoms with Crippen molar-refractivity contribution in [2.75, 3.05) is 5.32 Å². The standard InChI is InChI=1S/C20H18ClN3O2S/c1-10-4-6-13(8-15(10)21)24-20-18(12(3)23-24)14(9-17(25)22-20)19(26)16-7-5-11(2)27-16/h4-8,14H,9H2,1-3H3,(H,22,25)/t14-/m0/s1. The number of rotatable bonds is 3. The Balaban J connectivity index is 1.83. The Morgan fingerprint density at radius 2 is 2.04 bits per heavy atom. The van der Waals surface area contributed by atoms with Crippen molar-refractivity contribution >= 4 is 40.4 Å². The molecular weight excluding hydrogens is 382 g/mol. The molecule has 0 aliphatic carbocycles. The Labute approximate surface area is 166 Å². The molecule has 5 nitrogen and oxygen atoms in total. The molecule has 1 aliphatic rings. The van der Waals surface area contributed by atoms with Crippen molar-refractivity contribution in [1.82, 2.24) is 9.78 Å². The number of hydrogen-bond acceptors (Lipinski definition) is 4. The molecule has 0 saturated heterocycles. The molecular formula is C20H18ClN3O2S. The van der Waals surface area contributed by atoms with Gasteiger partial charge in [0.1, 0.15) is 5.82 Å². The summed E-state index contributed by atoms with van der Waals surface area (Å²) in [5.74, 6) is -0.195. The van der Waals surface area contributed by atoms with Crippen LogP contribution in [0.5, 0.6) is 0 Å². The number of benzene rings is 1. The molecule has 1 atom stereocenters. The van der Waals surface area contributed by atoms with E-state index in [0.717, 1.165) is 27.4 Å². The summed E-state index contributed by atoms with van der Waals surface area (Å²) in [6.45, 7) is 5.75. The van der Waals surface area contributed by atoms with Gasteiger partial charge in [0, 0.05) is 21.9 Å². The van der Waals surface area contributed by atoms with Gasteiger partial charge in [-0.3, -0.25) is 9.59 Å². The highest BCUT2D eigenvalue weighted by Gasteiger charge is 2.36. The van der Waals surface area contributed by atoms with Crippen LogP contribution < -0.4 is 5.32 Å². The molecule has 1 N–H and O–H groups in total. The van der Waals surface area contributed by atoms with Crippen molar-refractivity contribution in [3.05, 3.63) is 61.9 Å². The van der Waals surface area contributed by atoms with Gasteiger partial charge in [-0.1, -0.05) is 17.7 Å². The molecule has 138 valence electrons. The average molecular weight is 400 g/mol. The molecule has 0 spiro atoms. The van der Waals surface area contributed by atoms with E-state index in [1.807, 2.05) is 51.1 Å². The maximum absolute atomic E-state index is 13.1. The molecule has 0 unspecified atom stereocenters. The number of Topliss-reactive ketones (excluding diaryl/α,β-unsaturated/α-hetero) is 1. The number of aryl methyl sites for hydroxylation is 3. The highest BCUT2D eigenvalue weighted by Crippen LogP contribution is 2.39. The minimum Gasteiger partial charge on any atom is -0.310 e. The monoisotopic (exact) mass is 399 g/mol. The lowest BCUT2D eigenvalue weighted by molar-refractivity contribution is -0.116. The largest absolute Gasteiger partial charge is 0.310 e. The molecule has 0 radical (unpaired) electrons. The molecule has 3 heterocycles. The first-order chi connectivity index (χ1) is 12.8. The number of carbonyl (C=O) groups excluding carboxylic acids is 2. The predicted molar refractivity (Wildman–Crippen MR) is 107 cm³/mol. The van der Waals surface area contributed by atoms with Gasteiger partial charge in [0.2, 0.25) is 5.91 Å². The van der Waals surface area contributed by atoms with E-state index >= 15 is 0 Å². The first-order valence-electron chi connectivity index (χ1n) is 8.61. The van der Waals surface area contributed by atoms with Gasteiger partial charge in [0.25, 0.3) is 0 Å². The summed E-state index contributed by atoms with van der Waals surface area (Å²) in [5.41, 5.74) is 3.22. The van der Waals surface area contributed by atoms with Gasteiger partial charge in [0.05, 0.1) is 22.2 Å². The second-order valence-corrected chi connectivity index (χ2v) is 8.47. The number of nitrogens with zero attached hydrogens (tertiary/aromatic N) is 2. The van der Waals surface area contributed by atoms with E-state index in [9.17, 15) is 9.59 Å². The van der Waals surface area contributed by atoms with Gasteiger partial charge < -0.3 is 5.32 Å². The third-order valence-electron chi connectivity index (χ3n) is 4.80. The van der Waals surface area contributed by atoms with E-state index in [1.165, 1.54) is 11.3 Å². The molecule has 27 heavy (non-hydrogen) atoms. The van der Waals surface area contributed by atoms with Crippen molar-refractivity contribution in [2.45, 2.75) is 33.1 Å². The Morgan fingerprint density at radius 1 is 1.26 bits per heavy atom. The molecule has 7 heteroatoms. The highest BCUT2D eigenvalue weighted by atomic mass is 35.5. The molecule has 2 aromatic heterocycles. The van der Waals surface area contributed by atoms with Gasteiger partial charge in [0.15, 0.2) is 5.78 Å². The number of nitrogens with one attached hydrogen (secondary N) is 1. The molecule has 0 saturated carbocycles. The van der Waals surface area contributed by atoms with Crippen LogP contribution in [0.4, 0.5) is 5.82 Å². The third-order valence-corrected chi connectivity index (χ3v) is 6.22. The maximum Gasteiger partial charge on any atom is 0.226 e. The van der Waals surface area contributed by atoms with Crippen LogP contribution in [-0.2, 0) is 4.79 Å². The van der Waals surface area contributed by atoms with E-state index < -0.39 is 5.92 Å². The second-order valence-electron chi connectivity index (χ2n) is 6.77. The zero-order valence-electron chi connectivity index (χ0n) is 15.2. The maximum atomic E-state index is 13.1. The van der Waals surface area contributed by atoms with Crippen molar-refractivity contribution in [1.29, 1.82) is 0 Å². The van der Waals surface area contributed by atoms with Gasteiger partial charge in [-0.15, -0.1) is 11.3 Å². The Hall–Kier alpha value is -2.44. The number of ketones is 1. The summed E-state index contributed by atoms with van der Waals surface area (Å²) < 4.78 is 1.66. The SMILES string of the molecule is Cc1ccc(C(=O)[C@H]2CC(=O)Nc3c2c(C)nn3-c2ccc(C)c(Cl)c2)s1. The van der Waals surface area contributed by atoms with Crippen LogP contribution in [0.2, 0.25) is 5.02 Å². The Bertz CT molecular complexity index is 1080. The van der Waals surface area contributed by atoms with E-state index in [2.05, 4.69) is 10.4 Å². The van der Waals surface area contributed by atoms with Crippen LogP contribution >= 0.6 is 22.9 Å². The van der Waals surface area contributed by atoms with E-state index in [1.54, 1.807) is 4.68 Å².